The quantitative estimate of drug-likeness (QED) is 0.172. The van der Waals surface area contributed by atoms with Gasteiger partial charge in [0.15, 0.2) is 5.82 Å². The van der Waals surface area contributed by atoms with E-state index in [9.17, 15) is 0 Å². The van der Waals surface area contributed by atoms with E-state index in [4.69, 9.17) is 9.97 Å². The summed E-state index contributed by atoms with van der Waals surface area (Å²) in [6, 6.07) is 76.2. The molecule has 0 amide bonds. The van der Waals surface area contributed by atoms with E-state index in [2.05, 4.69) is 211 Å². The highest BCUT2D eigenvalue weighted by atomic mass is 15.0. The molecule has 0 spiro atoms. The summed E-state index contributed by atoms with van der Waals surface area (Å²) in [5, 5.41) is 2.53. The molecule has 0 radical (unpaired) electrons. The third-order valence-corrected chi connectivity index (χ3v) is 11.5. The summed E-state index contributed by atoms with van der Waals surface area (Å²) < 4.78 is 2.47. The lowest BCUT2D eigenvalue weighted by atomic mass is 9.63. The van der Waals surface area contributed by atoms with Crippen LogP contribution >= 0.6 is 0 Å². The molecule has 3 nitrogen and oxygen atoms in total. The molecule has 0 saturated carbocycles. The molecule has 1 aliphatic rings. The van der Waals surface area contributed by atoms with Crippen LogP contribution in [0.3, 0.4) is 0 Å². The number of benzene rings is 8. The molecular formula is C53H35N3. The first-order valence-corrected chi connectivity index (χ1v) is 19.2. The van der Waals surface area contributed by atoms with E-state index < -0.39 is 5.41 Å². The maximum absolute atomic E-state index is 5.31. The van der Waals surface area contributed by atoms with Gasteiger partial charge in [-0.3, -0.25) is 0 Å². The molecular weight excluding hydrogens is 679 g/mol. The van der Waals surface area contributed by atoms with Gasteiger partial charge in [0.25, 0.3) is 0 Å². The molecule has 8 aromatic carbocycles. The molecule has 3 heterocycles. The highest BCUT2D eigenvalue weighted by molar-refractivity contribution is 6.12. The number of hydrogen-bond acceptors (Lipinski definition) is 2. The Bertz CT molecular complexity index is 3060. The van der Waals surface area contributed by atoms with Gasteiger partial charge in [0, 0.05) is 27.5 Å². The van der Waals surface area contributed by atoms with Gasteiger partial charge in [-0.15, -0.1) is 0 Å². The lowest BCUT2D eigenvalue weighted by molar-refractivity contribution is 0.728. The lowest BCUT2D eigenvalue weighted by Crippen LogP contribution is -2.35. The number of hydrogen-bond donors (Lipinski definition) is 0. The van der Waals surface area contributed by atoms with E-state index in [1.165, 1.54) is 49.7 Å². The Hall–Kier alpha value is -7.36. The minimum atomic E-state index is -0.577. The molecule has 1 unspecified atom stereocenters. The highest BCUT2D eigenvalue weighted by Crippen LogP contribution is 2.54. The zero-order valence-electron chi connectivity index (χ0n) is 30.5. The molecule has 0 N–H and O–H groups in total. The zero-order chi connectivity index (χ0) is 37.1. The smallest absolute Gasteiger partial charge is 0.160 e. The van der Waals surface area contributed by atoms with Crippen molar-refractivity contribution in [3.63, 3.8) is 0 Å². The van der Waals surface area contributed by atoms with Crippen LogP contribution in [0.5, 0.6) is 0 Å². The summed E-state index contributed by atoms with van der Waals surface area (Å²) in [5.74, 6) is 0.691. The summed E-state index contributed by atoms with van der Waals surface area (Å²) in [4.78, 5) is 10.5. The second kappa shape index (κ2) is 12.9. The van der Waals surface area contributed by atoms with Gasteiger partial charge in [-0.1, -0.05) is 194 Å². The van der Waals surface area contributed by atoms with Crippen LogP contribution in [0.25, 0.3) is 72.5 Å². The van der Waals surface area contributed by atoms with Crippen LogP contribution in [0.15, 0.2) is 212 Å². The van der Waals surface area contributed by atoms with E-state index in [1.54, 1.807) is 0 Å². The Kier molecular flexibility index (Phi) is 7.39. The van der Waals surface area contributed by atoms with Crippen molar-refractivity contribution in [1.82, 2.24) is 14.5 Å². The summed E-state index contributed by atoms with van der Waals surface area (Å²) in [7, 11) is 0. The number of rotatable bonds is 6. The van der Waals surface area contributed by atoms with Crippen molar-refractivity contribution >= 4 is 21.8 Å². The van der Waals surface area contributed by atoms with Crippen molar-refractivity contribution < 1.29 is 0 Å². The second-order valence-electron chi connectivity index (χ2n) is 14.5. The molecule has 56 heavy (non-hydrogen) atoms. The first-order chi connectivity index (χ1) is 27.8. The van der Waals surface area contributed by atoms with Gasteiger partial charge in [-0.2, -0.15) is 0 Å². The lowest BCUT2D eigenvalue weighted by Gasteiger charge is -2.41. The Morgan fingerprint density at radius 2 is 0.946 bits per heavy atom. The summed E-state index contributed by atoms with van der Waals surface area (Å²) >= 11 is 0. The predicted octanol–water partition coefficient (Wildman–Crippen LogP) is 12.9. The fraction of sp³-hybridized carbons (Fsp3) is 0.0189. The standard InChI is InChI=1S/C53H35N3/c1-4-17-36(18-5-1)41-23-10-11-24-42(41)48-35-47(37-19-6-2-7-20-37)54-52(55-48)38-31-33-40(34-32-38)53(39-21-8-3-9-22-39)45-27-13-15-30-50(45)56-49-29-14-12-25-43(49)44-26-16-28-46(53)51(44)56/h1-35H. The fourth-order valence-electron chi connectivity index (χ4n) is 9.10. The molecule has 0 saturated heterocycles. The summed E-state index contributed by atoms with van der Waals surface area (Å²) in [6.45, 7) is 0. The van der Waals surface area contributed by atoms with Crippen LogP contribution in [0.1, 0.15) is 22.3 Å². The van der Waals surface area contributed by atoms with Gasteiger partial charge in [0.05, 0.1) is 33.5 Å². The van der Waals surface area contributed by atoms with Gasteiger partial charge in [0.2, 0.25) is 0 Å². The molecule has 3 heteroatoms. The third-order valence-electron chi connectivity index (χ3n) is 11.5. The van der Waals surface area contributed by atoms with Gasteiger partial charge < -0.3 is 4.57 Å². The minimum Gasteiger partial charge on any atom is -0.309 e. The van der Waals surface area contributed by atoms with Crippen LogP contribution in [0, 0.1) is 0 Å². The van der Waals surface area contributed by atoms with E-state index in [1.807, 2.05) is 6.07 Å². The second-order valence-corrected chi connectivity index (χ2v) is 14.5. The van der Waals surface area contributed by atoms with Crippen molar-refractivity contribution in [2.75, 3.05) is 0 Å². The SMILES string of the molecule is c1ccc(-c2cc(-c3ccccc3-c3ccccc3)nc(-c3ccc(C4(c5ccccc5)c5ccccc5-n5c6ccccc6c6cccc4c65)cc3)n2)cc1. The van der Waals surface area contributed by atoms with Gasteiger partial charge in [-0.05, 0) is 51.6 Å². The average molecular weight is 714 g/mol. The van der Waals surface area contributed by atoms with Crippen molar-refractivity contribution in [3.05, 3.63) is 235 Å². The average Bonchev–Trinajstić information content (AvgIpc) is 3.63. The van der Waals surface area contributed by atoms with Crippen molar-refractivity contribution in [2.24, 2.45) is 0 Å². The molecule has 0 fully saturated rings. The number of fused-ring (bicyclic) bond motifs is 5. The van der Waals surface area contributed by atoms with Crippen LogP contribution < -0.4 is 0 Å². The first kappa shape index (κ1) is 32.1. The van der Waals surface area contributed by atoms with Crippen LogP contribution in [-0.2, 0) is 5.41 Å². The molecule has 0 aliphatic carbocycles. The van der Waals surface area contributed by atoms with Crippen molar-refractivity contribution in [3.8, 4) is 50.7 Å². The summed E-state index contributed by atoms with van der Waals surface area (Å²) in [6.07, 6.45) is 0. The monoisotopic (exact) mass is 713 g/mol. The minimum absolute atomic E-state index is 0.577. The zero-order valence-corrected chi connectivity index (χ0v) is 30.5. The van der Waals surface area contributed by atoms with Crippen LogP contribution in [-0.4, -0.2) is 14.5 Å². The Labute approximate surface area is 325 Å². The molecule has 0 bridgehead atoms. The van der Waals surface area contributed by atoms with Gasteiger partial charge in [0.1, 0.15) is 0 Å². The Morgan fingerprint density at radius 3 is 1.73 bits per heavy atom. The summed E-state index contributed by atoms with van der Waals surface area (Å²) in [5.41, 5.74) is 15.2. The maximum Gasteiger partial charge on any atom is 0.160 e. The number of aromatic nitrogens is 3. The van der Waals surface area contributed by atoms with Crippen LogP contribution in [0.4, 0.5) is 0 Å². The fourth-order valence-corrected chi connectivity index (χ4v) is 9.10. The molecule has 1 atom stereocenters. The van der Waals surface area contributed by atoms with Crippen LogP contribution in [0.2, 0.25) is 0 Å². The highest BCUT2D eigenvalue weighted by Gasteiger charge is 2.45. The topological polar surface area (TPSA) is 30.7 Å². The normalized spacial score (nSPS) is 14.5. The molecule has 11 rings (SSSR count). The van der Waals surface area contributed by atoms with E-state index in [0.717, 1.165) is 39.2 Å². The van der Waals surface area contributed by atoms with Gasteiger partial charge >= 0.3 is 0 Å². The maximum atomic E-state index is 5.31. The number of nitrogens with zero attached hydrogens (tertiary/aromatic N) is 3. The third kappa shape index (κ3) is 4.84. The molecule has 2 aromatic heterocycles. The van der Waals surface area contributed by atoms with Crippen molar-refractivity contribution in [1.29, 1.82) is 0 Å². The molecule has 262 valence electrons. The van der Waals surface area contributed by atoms with Gasteiger partial charge in [-0.25, -0.2) is 9.97 Å². The first-order valence-electron chi connectivity index (χ1n) is 19.2. The number of para-hydroxylation sites is 3. The molecule has 1 aliphatic heterocycles. The van der Waals surface area contributed by atoms with Crippen molar-refractivity contribution in [2.45, 2.75) is 5.41 Å². The predicted molar refractivity (Wildman–Crippen MR) is 230 cm³/mol. The Balaban J connectivity index is 1.14. The molecule has 10 aromatic rings. The van der Waals surface area contributed by atoms with E-state index in [0.29, 0.717) is 5.82 Å². The Morgan fingerprint density at radius 1 is 0.375 bits per heavy atom. The van der Waals surface area contributed by atoms with E-state index in [-0.39, 0.29) is 0 Å². The largest absolute Gasteiger partial charge is 0.309 e. The van der Waals surface area contributed by atoms with E-state index >= 15 is 0 Å².